The number of rotatable bonds is 6. The van der Waals surface area contributed by atoms with Gasteiger partial charge in [0.25, 0.3) is 0 Å². The molecule has 0 unspecified atom stereocenters. The monoisotopic (exact) mass is 431 g/mol. The van der Waals surface area contributed by atoms with Crippen LogP contribution in [-0.4, -0.2) is 59.0 Å². The molecule has 0 amide bonds. The van der Waals surface area contributed by atoms with Gasteiger partial charge in [0.05, 0.1) is 0 Å². The predicted molar refractivity (Wildman–Crippen MR) is 114 cm³/mol. The Labute approximate surface area is 181 Å². The largest absolute Gasteiger partial charge is 0.490 e. The van der Waals surface area contributed by atoms with Gasteiger partial charge in [-0.3, -0.25) is 0 Å². The van der Waals surface area contributed by atoms with Gasteiger partial charge in [-0.05, 0) is 42.8 Å². The number of aromatic carboxylic acids is 1. The van der Waals surface area contributed by atoms with Crippen molar-refractivity contribution in [1.82, 2.24) is 4.90 Å². The number of likely N-dealkylation sites (tertiary alicyclic amines) is 1. The molecule has 6 nitrogen and oxygen atoms in total. The van der Waals surface area contributed by atoms with Gasteiger partial charge in [-0.2, -0.15) is 0 Å². The number of aryl methyl sites for hydroxylation is 1. The highest BCUT2D eigenvalue weighted by atomic mass is 35.5. The number of hydrogen-bond acceptors (Lipinski definition) is 5. The minimum Gasteiger partial charge on any atom is -0.490 e. The molecule has 0 saturated carbocycles. The van der Waals surface area contributed by atoms with Gasteiger partial charge < -0.3 is 24.6 Å². The molecule has 0 aromatic heterocycles. The Balaban J connectivity index is 1.27. The van der Waals surface area contributed by atoms with E-state index in [-0.39, 0.29) is 23.5 Å². The van der Waals surface area contributed by atoms with Crippen molar-refractivity contribution < 1.29 is 24.5 Å². The van der Waals surface area contributed by atoms with Crippen molar-refractivity contribution in [2.24, 2.45) is 0 Å². The fourth-order valence-corrected chi connectivity index (χ4v) is 4.49. The summed E-state index contributed by atoms with van der Waals surface area (Å²) in [6.07, 6.45) is 1.93. The summed E-state index contributed by atoms with van der Waals surface area (Å²) >= 11 is 6.10. The number of carboxylic acids is 1. The number of ether oxygens (including phenoxy) is 2. The summed E-state index contributed by atoms with van der Waals surface area (Å²) in [5, 5.41) is 20.5. The number of carboxylic acid groups (broad SMARTS) is 1. The predicted octanol–water partition coefficient (Wildman–Crippen LogP) is 3.56. The highest BCUT2D eigenvalue weighted by molar-refractivity contribution is 6.30. The molecule has 0 radical (unpaired) electrons. The van der Waals surface area contributed by atoms with Crippen LogP contribution >= 0.6 is 11.6 Å². The molecule has 1 atom stereocenters. The first-order valence-electron chi connectivity index (χ1n) is 10.2. The third-order valence-corrected chi connectivity index (χ3v) is 6.13. The van der Waals surface area contributed by atoms with Crippen molar-refractivity contribution in [2.75, 3.05) is 26.2 Å². The number of fused-ring (bicyclic) bond motifs is 1. The lowest BCUT2D eigenvalue weighted by atomic mass is 9.87. The van der Waals surface area contributed by atoms with E-state index in [2.05, 4.69) is 4.90 Å². The van der Waals surface area contributed by atoms with E-state index < -0.39 is 12.1 Å². The highest BCUT2D eigenvalue weighted by Crippen LogP contribution is 2.41. The average Bonchev–Trinajstić information content (AvgIpc) is 3.05. The van der Waals surface area contributed by atoms with Crippen molar-refractivity contribution in [1.29, 1.82) is 0 Å². The van der Waals surface area contributed by atoms with E-state index >= 15 is 0 Å². The molecule has 0 aliphatic carbocycles. The molecule has 7 heteroatoms. The molecule has 2 aromatic carbocycles. The lowest BCUT2D eigenvalue weighted by Crippen LogP contribution is -2.49. The molecular formula is C23H26ClNO5. The number of β-amino-alcohol motifs (C(OH)–C–C–N with tert-alkyl or cyclic N) is 1. The number of benzene rings is 2. The third kappa shape index (κ3) is 4.56. The Bertz CT molecular complexity index is 939. The first-order valence-corrected chi connectivity index (χ1v) is 10.6. The van der Waals surface area contributed by atoms with Crippen molar-refractivity contribution >= 4 is 17.6 Å². The Morgan fingerprint density at radius 3 is 2.77 bits per heavy atom. The molecule has 4 rings (SSSR count). The van der Waals surface area contributed by atoms with Gasteiger partial charge in [0, 0.05) is 43.9 Å². The van der Waals surface area contributed by atoms with Crippen LogP contribution in [0, 0.1) is 6.92 Å². The number of aliphatic hydroxyl groups excluding tert-OH is 1. The Morgan fingerprint density at radius 2 is 2.03 bits per heavy atom. The first-order chi connectivity index (χ1) is 14.3. The molecule has 1 saturated heterocycles. The summed E-state index contributed by atoms with van der Waals surface area (Å²) in [7, 11) is 0. The van der Waals surface area contributed by atoms with Crippen molar-refractivity contribution in [3.05, 3.63) is 58.1 Å². The summed E-state index contributed by atoms with van der Waals surface area (Å²) < 4.78 is 11.9. The topological polar surface area (TPSA) is 79.2 Å². The number of aliphatic hydroxyl groups is 1. The highest BCUT2D eigenvalue weighted by Gasteiger charge is 2.42. The molecule has 2 aliphatic heterocycles. The van der Waals surface area contributed by atoms with Crippen LogP contribution in [0.3, 0.4) is 0 Å². The van der Waals surface area contributed by atoms with Crippen LogP contribution in [0.1, 0.15) is 34.3 Å². The standard InChI is InChI=1S/C23H26ClNO5/c1-15-2-4-21(19(10-15)22(27)28)29-14-18(26)13-25-8-6-23(7-9-25)12-16-11-17(24)3-5-20(16)30-23/h2-5,10-11,18,26H,6-9,12-14H2,1H3,(H,27,28)/t18-/m0/s1. The van der Waals surface area contributed by atoms with E-state index in [0.717, 1.165) is 54.3 Å². The summed E-state index contributed by atoms with van der Waals surface area (Å²) in [4.78, 5) is 13.6. The van der Waals surface area contributed by atoms with Gasteiger partial charge in [0.1, 0.15) is 35.4 Å². The molecule has 30 heavy (non-hydrogen) atoms. The number of hydrogen-bond donors (Lipinski definition) is 2. The minimum atomic E-state index is -1.04. The Hall–Kier alpha value is -2.28. The lowest BCUT2D eigenvalue weighted by Gasteiger charge is -2.39. The van der Waals surface area contributed by atoms with Crippen LogP contribution in [0.4, 0.5) is 0 Å². The van der Waals surface area contributed by atoms with Crippen LogP contribution in [-0.2, 0) is 6.42 Å². The maximum absolute atomic E-state index is 11.4. The molecule has 2 heterocycles. The van der Waals surface area contributed by atoms with Crippen LogP contribution in [0.15, 0.2) is 36.4 Å². The van der Waals surface area contributed by atoms with E-state index in [9.17, 15) is 15.0 Å². The second kappa shape index (κ2) is 8.46. The van der Waals surface area contributed by atoms with Crippen molar-refractivity contribution in [3.63, 3.8) is 0 Å². The van der Waals surface area contributed by atoms with E-state index in [1.54, 1.807) is 18.2 Å². The number of piperidine rings is 1. The molecule has 1 spiro atoms. The summed E-state index contributed by atoms with van der Waals surface area (Å²) in [6, 6.07) is 10.8. The van der Waals surface area contributed by atoms with Crippen LogP contribution in [0.2, 0.25) is 5.02 Å². The zero-order valence-electron chi connectivity index (χ0n) is 16.9. The van der Waals surface area contributed by atoms with Crippen molar-refractivity contribution in [2.45, 2.75) is 37.9 Å². The summed E-state index contributed by atoms with van der Waals surface area (Å²) in [5.41, 5.74) is 1.95. The van der Waals surface area contributed by atoms with E-state index in [0.29, 0.717) is 6.54 Å². The Morgan fingerprint density at radius 1 is 1.27 bits per heavy atom. The Kier molecular flexibility index (Phi) is 5.91. The minimum absolute atomic E-state index is 0.0470. The zero-order valence-corrected chi connectivity index (χ0v) is 17.7. The smallest absolute Gasteiger partial charge is 0.339 e. The summed E-state index contributed by atoms with van der Waals surface area (Å²) in [6.45, 7) is 4.00. The van der Waals surface area contributed by atoms with E-state index in [1.165, 1.54) is 0 Å². The molecule has 2 aliphatic rings. The second-order valence-corrected chi connectivity index (χ2v) is 8.72. The lowest BCUT2D eigenvalue weighted by molar-refractivity contribution is -0.00202. The maximum Gasteiger partial charge on any atom is 0.339 e. The second-order valence-electron chi connectivity index (χ2n) is 8.28. The number of halogens is 1. The molecular weight excluding hydrogens is 406 g/mol. The third-order valence-electron chi connectivity index (χ3n) is 5.89. The quantitative estimate of drug-likeness (QED) is 0.728. The molecule has 2 aromatic rings. The van der Waals surface area contributed by atoms with Gasteiger partial charge in [-0.25, -0.2) is 4.79 Å². The average molecular weight is 432 g/mol. The van der Waals surface area contributed by atoms with Crippen molar-refractivity contribution in [3.8, 4) is 11.5 Å². The fourth-order valence-electron chi connectivity index (χ4n) is 4.30. The van der Waals surface area contributed by atoms with Gasteiger partial charge in [0.15, 0.2) is 0 Å². The zero-order chi connectivity index (χ0) is 21.3. The number of nitrogens with zero attached hydrogens (tertiary/aromatic N) is 1. The van der Waals surface area contributed by atoms with E-state index in [4.69, 9.17) is 21.1 Å². The normalized spacial score (nSPS) is 18.6. The van der Waals surface area contributed by atoms with Gasteiger partial charge >= 0.3 is 5.97 Å². The maximum atomic E-state index is 11.4. The SMILES string of the molecule is Cc1ccc(OC[C@@H](O)CN2CCC3(CC2)Cc2cc(Cl)ccc2O3)c(C(=O)O)c1. The van der Waals surface area contributed by atoms with Crippen LogP contribution in [0.25, 0.3) is 0 Å². The molecule has 160 valence electrons. The van der Waals surface area contributed by atoms with Crippen LogP contribution < -0.4 is 9.47 Å². The number of carbonyl (C=O) groups is 1. The van der Waals surface area contributed by atoms with Gasteiger partial charge in [0.2, 0.25) is 0 Å². The molecule has 2 N–H and O–H groups in total. The summed E-state index contributed by atoms with van der Waals surface area (Å²) in [5.74, 6) is 0.164. The molecule has 1 fully saturated rings. The van der Waals surface area contributed by atoms with Gasteiger partial charge in [-0.1, -0.05) is 23.2 Å². The van der Waals surface area contributed by atoms with Gasteiger partial charge in [-0.15, -0.1) is 0 Å². The van der Waals surface area contributed by atoms with E-state index in [1.807, 2.05) is 25.1 Å². The first kappa shape index (κ1) is 21.0. The fraction of sp³-hybridized carbons (Fsp3) is 0.435. The molecule has 0 bridgehead atoms. The van der Waals surface area contributed by atoms with Crippen LogP contribution in [0.5, 0.6) is 11.5 Å².